The molecule has 9 nitrogen and oxygen atoms in total. The summed E-state index contributed by atoms with van der Waals surface area (Å²) >= 11 is 0. The van der Waals surface area contributed by atoms with Crippen LogP contribution < -0.4 is 5.32 Å². The molecule has 0 bridgehead atoms. The minimum atomic E-state index is -4.46. The van der Waals surface area contributed by atoms with Gasteiger partial charge in [-0.1, -0.05) is 241 Å². The molecule has 0 fully saturated rings. The van der Waals surface area contributed by atoms with Gasteiger partial charge in [0, 0.05) is 12.8 Å². The minimum absolute atomic E-state index is 0.0270. The monoisotopic (exact) mass is 1070 g/mol. The van der Waals surface area contributed by atoms with E-state index >= 15 is 0 Å². The van der Waals surface area contributed by atoms with Crippen LogP contribution in [0.4, 0.5) is 0 Å². The fourth-order valence-electron chi connectivity index (χ4n) is 8.50. The number of ether oxygens (including phenoxy) is 1. The van der Waals surface area contributed by atoms with E-state index in [0.717, 1.165) is 83.5 Å². The predicted octanol–water partition coefficient (Wildman–Crippen LogP) is 19.0. The Morgan fingerprint density at radius 3 is 1.27 bits per heavy atom. The summed E-state index contributed by atoms with van der Waals surface area (Å²) in [4.78, 5) is 37.6. The van der Waals surface area contributed by atoms with Crippen molar-refractivity contribution in [1.29, 1.82) is 0 Å². The zero-order valence-electron chi connectivity index (χ0n) is 49.5. The molecule has 10 heteroatoms. The van der Waals surface area contributed by atoms with Crippen molar-refractivity contribution < 1.29 is 37.3 Å². The summed E-state index contributed by atoms with van der Waals surface area (Å²) in [5.41, 5.74) is 0. The molecule has 0 saturated carbocycles. The molecular weight excluding hydrogens is 952 g/mol. The van der Waals surface area contributed by atoms with Gasteiger partial charge in [-0.2, -0.15) is 0 Å². The highest BCUT2D eigenvalue weighted by atomic mass is 31.2. The van der Waals surface area contributed by atoms with Crippen LogP contribution in [0.3, 0.4) is 0 Å². The van der Waals surface area contributed by atoms with E-state index in [2.05, 4.69) is 92.9 Å². The summed E-state index contributed by atoms with van der Waals surface area (Å²) < 4.78 is 30.6. The topological polar surface area (TPSA) is 111 Å². The lowest BCUT2D eigenvalue weighted by atomic mass is 10.1. The third kappa shape index (κ3) is 55.7. The summed E-state index contributed by atoms with van der Waals surface area (Å²) in [7, 11) is 1.45. The van der Waals surface area contributed by atoms with Crippen LogP contribution in [0, 0.1) is 0 Å². The molecule has 0 rings (SSSR count). The van der Waals surface area contributed by atoms with E-state index in [-0.39, 0.29) is 37.9 Å². The summed E-state index contributed by atoms with van der Waals surface area (Å²) in [6.45, 7) is 6.92. The van der Waals surface area contributed by atoms with Crippen molar-refractivity contribution in [1.82, 2.24) is 5.32 Å². The van der Waals surface area contributed by atoms with Crippen LogP contribution in [0.5, 0.6) is 0 Å². The molecule has 0 saturated heterocycles. The number of phosphoric ester groups is 1. The number of amides is 1. The average molecular weight is 1070 g/mol. The van der Waals surface area contributed by atoms with Gasteiger partial charge < -0.3 is 19.4 Å². The Hall–Kier alpha value is -2.81. The molecule has 0 aromatic rings. The molecule has 3 atom stereocenters. The number of hydrogen-bond donors (Lipinski definition) is 2. The molecule has 0 aromatic carbocycles. The van der Waals surface area contributed by atoms with Gasteiger partial charge in [0.1, 0.15) is 19.3 Å². The zero-order valence-corrected chi connectivity index (χ0v) is 50.4. The number of carbonyl (C=O) groups excluding carboxylic acids is 2. The number of nitrogens with one attached hydrogen (secondary N) is 1. The molecule has 0 heterocycles. The standard InChI is InChI=1S/C65H117N2O7P/c1-7-10-13-16-19-22-25-27-28-29-30-31-32-33-34-35-36-37-38-40-43-46-49-52-55-58-65(69)74-63(56-53-50-47-44-41-24-21-18-15-12-9-3)62(61-73-75(70,71)72-60-59-67(4,5)6)66-64(68)57-54-51-48-45-42-39-26-23-20-17-14-11-8-2/h19,22,27-28,30-31,33-34,39,42,48,51,53,56,62-63H,7-18,20-21,23-26,29,32,35-38,40-41,43-47,49-50,52,54-55,57-61H2,1-6H3,(H-,66,68,70,71)/p+1/b22-19-,28-27-,31-30-,34-33-,42-39-,51-48+,56-53-. The predicted molar refractivity (Wildman–Crippen MR) is 323 cm³/mol. The molecule has 0 spiro atoms. The van der Waals surface area contributed by atoms with Crippen LogP contribution in [-0.4, -0.2) is 74.3 Å². The highest BCUT2D eigenvalue weighted by molar-refractivity contribution is 7.47. The Morgan fingerprint density at radius 1 is 0.467 bits per heavy atom. The van der Waals surface area contributed by atoms with Crippen LogP contribution in [0.1, 0.15) is 265 Å². The number of rotatable bonds is 55. The summed E-state index contributed by atoms with van der Waals surface area (Å²) in [6, 6.07) is -0.884. The summed E-state index contributed by atoms with van der Waals surface area (Å²) in [6.07, 6.45) is 71.7. The number of esters is 1. The molecule has 434 valence electrons. The van der Waals surface area contributed by atoms with Crippen molar-refractivity contribution in [2.24, 2.45) is 0 Å². The fraction of sp³-hybridized carbons (Fsp3) is 0.754. The molecule has 0 aliphatic heterocycles. The normalized spacial score (nSPS) is 14.3. The smallest absolute Gasteiger partial charge is 0.456 e. The van der Waals surface area contributed by atoms with Crippen LogP contribution in [0.25, 0.3) is 0 Å². The van der Waals surface area contributed by atoms with E-state index < -0.39 is 20.0 Å². The molecule has 0 aromatic heterocycles. The van der Waals surface area contributed by atoms with Gasteiger partial charge in [-0.3, -0.25) is 18.6 Å². The van der Waals surface area contributed by atoms with Gasteiger partial charge in [0.15, 0.2) is 0 Å². The molecule has 75 heavy (non-hydrogen) atoms. The van der Waals surface area contributed by atoms with Gasteiger partial charge in [0.25, 0.3) is 0 Å². The molecule has 0 radical (unpaired) electrons. The van der Waals surface area contributed by atoms with E-state index in [4.69, 9.17) is 13.8 Å². The van der Waals surface area contributed by atoms with Crippen LogP contribution in [0.15, 0.2) is 85.1 Å². The molecule has 0 aliphatic rings. The Bertz CT molecular complexity index is 1560. The summed E-state index contributed by atoms with van der Waals surface area (Å²) in [5.74, 6) is -0.592. The van der Waals surface area contributed by atoms with Gasteiger partial charge in [-0.15, -0.1) is 0 Å². The number of likely N-dealkylation sites (N-methyl/N-ethyl adjacent to an activating group) is 1. The number of allylic oxidation sites excluding steroid dienone is 13. The van der Waals surface area contributed by atoms with Crippen LogP contribution in [0.2, 0.25) is 0 Å². The molecule has 3 unspecified atom stereocenters. The lowest BCUT2D eigenvalue weighted by Gasteiger charge is -2.27. The highest BCUT2D eigenvalue weighted by Gasteiger charge is 2.30. The highest BCUT2D eigenvalue weighted by Crippen LogP contribution is 2.43. The lowest BCUT2D eigenvalue weighted by molar-refractivity contribution is -0.870. The fourth-order valence-corrected chi connectivity index (χ4v) is 9.24. The van der Waals surface area contributed by atoms with Crippen molar-refractivity contribution in [2.75, 3.05) is 40.9 Å². The first-order chi connectivity index (χ1) is 36.4. The van der Waals surface area contributed by atoms with Gasteiger partial charge in [-0.25, -0.2) is 4.57 Å². The van der Waals surface area contributed by atoms with Crippen LogP contribution >= 0.6 is 7.82 Å². The first-order valence-corrected chi connectivity index (χ1v) is 32.4. The number of phosphoric acid groups is 1. The SMILES string of the molecule is CCCCC/C=C\C/C=C\C/C=C\C/C=C\CCCCCCCCCCCC(=O)OC(/C=C\CCCCCCCCCCC)C(COP(=O)(O)OCC[N+](C)(C)C)NC(=O)CC/C=C/C/C=C\CCCCCCCC. The van der Waals surface area contributed by atoms with Crippen molar-refractivity contribution in [3.05, 3.63) is 85.1 Å². The Balaban J connectivity index is 5.18. The third-order valence-corrected chi connectivity index (χ3v) is 14.3. The maximum Gasteiger partial charge on any atom is 0.472 e. The Labute approximate surface area is 463 Å². The average Bonchev–Trinajstić information content (AvgIpc) is 3.37. The number of carbonyl (C=O) groups is 2. The summed E-state index contributed by atoms with van der Waals surface area (Å²) in [5, 5.41) is 3.00. The Kier molecular flexibility index (Phi) is 52.5. The van der Waals surface area contributed by atoms with E-state index in [1.807, 2.05) is 39.4 Å². The number of unbranched alkanes of at least 4 members (excludes halogenated alkanes) is 27. The van der Waals surface area contributed by atoms with Crippen LogP contribution in [-0.2, 0) is 27.9 Å². The Morgan fingerprint density at radius 2 is 0.827 bits per heavy atom. The van der Waals surface area contributed by atoms with E-state index in [9.17, 15) is 19.0 Å². The minimum Gasteiger partial charge on any atom is -0.456 e. The van der Waals surface area contributed by atoms with Gasteiger partial charge in [0.2, 0.25) is 5.91 Å². The van der Waals surface area contributed by atoms with Gasteiger partial charge >= 0.3 is 13.8 Å². The first-order valence-electron chi connectivity index (χ1n) is 30.9. The third-order valence-electron chi connectivity index (χ3n) is 13.3. The van der Waals surface area contributed by atoms with Gasteiger partial charge in [0.05, 0.1) is 33.8 Å². The van der Waals surface area contributed by atoms with E-state index in [1.165, 1.54) is 141 Å². The molecular formula is C65H118N2O7P+. The maximum atomic E-state index is 13.5. The second kappa shape index (κ2) is 54.5. The van der Waals surface area contributed by atoms with Gasteiger partial charge in [-0.05, 0) is 96.0 Å². The quantitative estimate of drug-likeness (QED) is 0.0205. The lowest BCUT2D eigenvalue weighted by Crippen LogP contribution is -2.47. The second-order valence-electron chi connectivity index (χ2n) is 21.9. The largest absolute Gasteiger partial charge is 0.472 e. The second-order valence-corrected chi connectivity index (χ2v) is 23.3. The van der Waals surface area contributed by atoms with Crippen molar-refractivity contribution in [2.45, 2.75) is 277 Å². The van der Waals surface area contributed by atoms with E-state index in [1.54, 1.807) is 0 Å². The number of nitrogens with zero attached hydrogens (tertiary/aromatic N) is 1. The van der Waals surface area contributed by atoms with Crippen molar-refractivity contribution >= 4 is 19.7 Å². The number of quaternary nitrogens is 1. The zero-order chi connectivity index (χ0) is 55.0. The first kappa shape index (κ1) is 72.2. The van der Waals surface area contributed by atoms with E-state index in [0.29, 0.717) is 17.4 Å². The van der Waals surface area contributed by atoms with Crippen molar-refractivity contribution in [3.63, 3.8) is 0 Å². The number of hydrogen-bond acceptors (Lipinski definition) is 6. The van der Waals surface area contributed by atoms with Crippen molar-refractivity contribution in [3.8, 4) is 0 Å². The molecule has 1 amide bonds. The maximum absolute atomic E-state index is 13.5. The molecule has 2 N–H and O–H groups in total. The molecule has 0 aliphatic carbocycles.